The number of rotatable bonds is 7. The van der Waals surface area contributed by atoms with Gasteiger partial charge in [-0.25, -0.2) is 9.97 Å². The van der Waals surface area contributed by atoms with Crippen LogP contribution in [0.5, 0.6) is 0 Å². The predicted molar refractivity (Wildman–Crippen MR) is 108 cm³/mol. The van der Waals surface area contributed by atoms with Gasteiger partial charge in [-0.15, -0.1) is 0 Å². The summed E-state index contributed by atoms with van der Waals surface area (Å²) in [4.78, 5) is 22.8. The summed E-state index contributed by atoms with van der Waals surface area (Å²) in [6.45, 7) is 1.25. The van der Waals surface area contributed by atoms with Gasteiger partial charge in [-0.1, -0.05) is 54.1 Å². The van der Waals surface area contributed by atoms with E-state index in [0.717, 1.165) is 24.3 Å². The Labute approximate surface area is 164 Å². The van der Waals surface area contributed by atoms with Gasteiger partial charge in [0.05, 0.1) is 12.4 Å². The zero-order valence-electron chi connectivity index (χ0n) is 15.1. The van der Waals surface area contributed by atoms with Gasteiger partial charge in [0.1, 0.15) is 11.5 Å². The molecule has 138 valence electrons. The number of nitrogens with zero attached hydrogens (tertiary/aromatic N) is 3. The minimum Gasteiger partial charge on any atom is -0.354 e. The number of hydrogen-bond acceptors (Lipinski definition) is 4. The van der Waals surface area contributed by atoms with Crippen molar-refractivity contribution in [3.05, 3.63) is 88.8 Å². The van der Waals surface area contributed by atoms with Crippen molar-refractivity contribution in [2.75, 3.05) is 18.5 Å². The number of carbonyl (C=O) groups is 1. The normalized spacial score (nSPS) is 10.4. The van der Waals surface area contributed by atoms with E-state index in [1.54, 1.807) is 6.20 Å². The van der Waals surface area contributed by atoms with Crippen LogP contribution in [0.1, 0.15) is 21.6 Å². The number of hydrogen-bond donors (Lipinski definition) is 1. The molecular weight excluding hydrogens is 360 g/mol. The fraction of sp³-hybridized carbons (Fsp3) is 0.190. The zero-order valence-corrected chi connectivity index (χ0v) is 15.9. The third-order valence-corrected chi connectivity index (χ3v) is 4.39. The van der Waals surface area contributed by atoms with E-state index in [1.807, 2.05) is 54.4 Å². The van der Waals surface area contributed by atoms with Crippen LogP contribution in [0.2, 0.25) is 5.02 Å². The lowest BCUT2D eigenvalue weighted by Gasteiger charge is -2.17. The van der Waals surface area contributed by atoms with Crippen LogP contribution in [0.25, 0.3) is 0 Å². The molecular formula is C21H21ClN4O. The van der Waals surface area contributed by atoms with Crippen LogP contribution in [-0.2, 0) is 13.0 Å². The zero-order chi connectivity index (χ0) is 19.1. The van der Waals surface area contributed by atoms with Gasteiger partial charge in [-0.2, -0.15) is 0 Å². The third-order valence-electron chi connectivity index (χ3n) is 4.14. The van der Waals surface area contributed by atoms with Gasteiger partial charge in [0, 0.05) is 25.2 Å². The first kappa shape index (κ1) is 18.9. The van der Waals surface area contributed by atoms with Gasteiger partial charge < -0.3 is 10.2 Å². The highest BCUT2D eigenvalue weighted by Crippen LogP contribution is 2.12. The fourth-order valence-electron chi connectivity index (χ4n) is 2.64. The third kappa shape index (κ3) is 5.53. The Morgan fingerprint density at radius 2 is 1.74 bits per heavy atom. The quantitative estimate of drug-likeness (QED) is 0.678. The van der Waals surface area contributed by atoms with Crippen molar-refractivity contribution in [3.63, 3.8) is 0 Å². The molecule has 5 nitrogen and oxygen atoms in total. The van der Waals surface area contributed by atoms with Crippen molar-refractivity contribution in [1.29, 1.82) is 0 Å². The highest BCUT2D eigenvalue weighted by Gasteiger charge is 2.09. The van der Waals surface area contributed by atoms with E-state index < -0.39 is 0 Å². The number of nitrogens with one attached hydrogen (secondary N) is 1. The average molecular weight is 381 g/mol. The molecule has 0 aliphatic carbocycles. The summed E-state index contributed by atoms with van der Waals surface area (Å²) in [6, 6.07) is 17.7. The number of halogens is 1. The lowest BCUT2D eigenvalue weighted by atomic mass is 10.1. The predicted octanol–water partition coefficient (Wildman–Crippen LogP) is 3.74. The van der Waals surface area contributed by atoms with E-state index in [0.29, 0.717) is 17.3 Å². The molecule has 3 rings (SSSR count). The lowest BCUT2D eigenvalue weighted by molar-refractivity contribution is 0.0949. The summed E-state index contributed by atoms with van der Waals surface area (Å²) < 4.78 is 0. The van der Waals surface area contributed by atoms with Gasteiger partial charge in [0.25, 0.3) is 5.91 Å². The maximum absolute atomic E-state index is 12.2. The SMILES string of the molecule is CN(Cc1ccccc1)c1cnc(C(=O)NCCc2ccc(Cl)cc2)cn1. The van der Waals surface area contributed by atoms with Gasteiger partial charge in [0.15, 0.2) is 0 Å². The highest BCUT2D eigenvalue weighted by molar-refractivity contribution is 6.30. The molecule has 0 bridgehead atoms. The molecule has 0 fully saturated rings. The largest absolute Gasteiger partial charge is 0.354 e. The molecule has 0 aliphatic heterocycles. The molecule has 0 radical (unpaired) electrons. The molecule has 3 aromatic rings. The van der Waals surface area contributed by atoms with E-state index in [9.17, 15) is 4.79 Å². The van der Waals surface area contributed by atoms with Crippen LogP contribution >= 0.6 is 11.6 Å². The van der Waals surface area contributed by atoms with Crippen molar-refractivity contribution in [3.8, 4) is 0 Å². The number of carbonyl (C=O) groups excluding carboxylic acids is 1. The number of benzene rings is 2. The first-order valence-corrected chi connectivity index (χ1v) is 9.09. The molecule has 0 unspecified atom stereocenters. The Hall–Kier alpha value is -2.92. The fourth-order valence-corrected chi connectivity index (χ4v) is 2.76. The topological polar surface area (TPSA) is 58.1 Å². The summed E-state index contributed by atoms with van der Waals surface area (Å²) in [7, 11) is 1.95. The molecule has 1 amide bonds. The van der Waals surface area contributed by atoms with E-state index in [-0.39, 0.29) is 5.91 Å². The van der Waals surface area contributed by atoms with Crippen LogP contribution in [-0.4, -0.2) is 29.5 Å². The summed E-state index contributed by atoms with van der Waals surface area (Å²) in [5.74, 6) is 0.491. The molecule has 0 atom stereocenters. The van der Waals surface area contributed by atoms with E-state index >= 15 is 0 Å². The number of aromatic nitrogens is 2. The second-order valence-corrected chi connectivity index (χ2v) is 6.67. The van der Waals surface area contributed by atoms with E-state index in [2.05, 4.69) is 27.4 Å². The van der Waals surface area contributed by atoms with E-state index in [1.165, 1.54) is 11.8 Å². The first-order chi connectivity index (χ1) is 13.1. The minimum absolute atomic E-state index is 0.228. The standard InChI is InChI=1S/C21H21ClN4O/c1-26(15-17-5-3-2-4-6-17)20-14-24-19(13-25-20)21(27)23-12-11-16-7-9-18(22)10-8-16/h2-10,13-14H,11-12,15H2,1H3,(H,23,27). The van der Waals surface area contributed by atoms with Crippen LogP contribution in [0.15, 0.2) is 67.0 Å². The van der Waals surface area contributed by atoms with E-state index in [4.69, 9.17) is 11.6 Å². The molecule has 0 saturated carbocycles. The Morgan fingerprint density at radius 3 is 2.41 bits per heavy atom. The van der Waals surface area contributed by atoms with Gasteiger partial charge in [-0.3, -0.25) is 4.79 Å². The molecule has 27 heavy (non-hydrogen) atoms. The van der Waals surface area contributed by atoms with Crippen LogP contribution in [0, 0.1) is 0 Å². The Morgan fingerprint density at radius 1 is 1.00 bits per heavy atom. The molecule has 2 aromatic carbocycles. The van der Waals surface area contributed by atoms with Crippen LogP contribution in [0.3, 0.4) is 0 Å². The minimum atomic E-state index is -0.228. The Bertz CT molecular complexity index is 867. The number of anilines is 1. The van der Waals surface area contributed by atoms with Crippen molar-refractivity contribution in [1.82, 2.24) is 15.3 Å². The summed E-state index contributed by atoms with van der Waals surface area (Å²) in [5, 5.41) is 3.57. The molecule has 0 aliphatic rings. The van der Waals surface area contributed by atoms with Crippen molar-refractivity contribution in [2.45, 2.75) is 13.0 Å². The second kappa shape index (κ2) is 9.14. The average Bonchev–Trinajstić information content (AvgIpc) is 2.70. The maximum atomic E-state index is 12.2. The molecule has 6 heteroatoms. The molecule has 1 N–H and O–H groups in total. The Kier molecular flexibility index (Phi) is 6.39. The molecule has 0 saturated heterocycles. The summed E-state index contributed by atoms with van der Waals surface area (Å²) >= 11 is 5.87. The monoisotopic (exact) mass is 380 g/mol. The lowest BCUT2D eigenvalue weighted by Crippen LogP contribution is -2.27. The molecule has 1 aromatic heterocycles. The van der Waals surface area contributed by atoms with Gasteiger partial charge >= 0.3 is 0 Å². The highest BCUT2D eigenvalue weighted by atomic mass is 35.5. The molecule has 1 heterocycles. The summed E-state index contributed by atoms with van der Waals surface area (Å²) in [5.41, 5.74) is 2.61. The van der Waals surface area contributed by atoms with Crippen LogP contribution < -0.4 is 10.2 Å². The number of amides is 1. The van der Waals surface area contributed by atoms with Crippen LogP contribution in [0.4, 0.5) is 5.82 Å². The van der Waals surface area contributed by atoms with Gasteiger partial charge in [0.2, 0.25) is 0 Å². The second-order valence-electron chi connectivity index (χ2n) is 6.23. The summed E-state index contributed by atoms with van der Waals surface area (Å²) in [6.07, 6.45) is 3.86. The van der Waals surface area contributed by atoms with Gasteiger partial charge in [-0.05, 0) is 29.7 Å². The molecule has 0 spiro atoms. The first-order valence-electron chi connectivity index (χ1n) is 8.71. The van der Waals surface area contributed by atoms with Crippen molar-refractivity contribution < 1.29 is 4.79 Å². The van der Waals surface area contributed by atoms with Crippen molar-refractivity contribution >= 4 is 23.3 Å². The van der Waals surface area contributed by atoms with Crippen molar-refractivity contribution in [2.24, 2.45) is 0 Å². The Balaban J connectivity index is 1.51. The smallest absolute Gasteiger partial charge is 0.271 e. The maximum Gasteiger partial charge on any atom is 0.271 e.